The Bertz CT molecular complexity index is 643. The fourth-order valence-electron chi connectivity index (χ4n) is 1.93. The number of hydrogen-bond donors (Lipinski definition) is 2. The van der Waals surface area contributed by atoms with Crippen LogP contribution in [0.3, 0.4) is 0 Å². The molecule has 5 heteroatoms. The highest BCUT2D eigenvalue weighted by molar-refractivity contribution is 6.34. The maximum Gasteiger partial charge on any atom is 0.337 e. The lowest BCUT2D eigenvalue weighted by Crippen LogP contribution is -2.14. The first kappa shape index (κ1) is 15.2. The Morgan fingerprint density at radius 3 is 2.76 bits per heavy atom. The highest BCUT2D eigenvalue weighted by Gasteiger charge is 2.12. The first-order valence-electron chi connectivity index (χ1n) is 6.53. The van der Waals surface area contributed by atoms with Crippen molar-refractivity contribution in [2.75, 3.05) is 18.5 Å². The molecule has 2 rings (SSSR count). The number of carboxylic acid groups (broad SMARTS) is 1. The van der Waals surface area contributed by atoms with Crippen molar-refractivity contribution >= 4 is 23.3 Å². The molecule has 0 amide bonds. The lowest BCUT2D eigenvalue weighted by Gasteiger charge is -2.12. The summed E-state index contributed by atoms with van der Waals surface area (Å²) in [5, 5.41) is 12.5. The first-order valence-corrected chi connectivity index (χ1v) is 6.91. The van der Waals surface area contributed by atoms with Crippen molar-refractivity contribution in [2.24, 2.45) is 0 Å². The van der Waals surface area contributed by atoms with Crippen LogP contribution in [0.4, 0.5) is 5.69 Å². The third-order valence-corrected chi connectivity index (χ3v) is 3.22. The lowest BCUT2D eigenvalue weighted by molar-refractivity contribution is 0.0698. The maximum atomic E-state index is 11.1. The summed E-state index contributed by atoms with van der Waals surface area (Å²) in [5.74, 6) is -0.228. The Morgan fingerprint density at radius 2 is 2.05 bits per heavy atom. The molecule has 0 aromatic heterocycles. The van der Waals surface area contributed by atoms with Crippen molar-refractivity contribution in [1.29, 1.82) is 0 Å². The molecule has 110 valence electrons. The summed E-state index contributed by atoms with van der Waals surface area (Å²) in [6.45, 7) is 2.86. The van der Waals surface area contributed by atoms with Crippen molar-refractivity contribution in [3.05, 3.63) is 58.6 Å². The van der Waals surface area contributed by atoms with E-state index in [1.165, 1.54) is 6.07 Å². The Balaban J connectivity index is 1.93. The average molecular weight is 306 g/mol. The molecule has 2 aromatic carbocycles. The molecule has 0 fully saturated rings. The van der Waals surface area contributed by atoms with Crippen LogP contribution in [0.2, 0.25) is 5.02 Å². The number of halogens is 1. The molecule has 0 saturated heterocycles. The Labute approximate surface area is 128 Å². The summed E-state index contributed by atoms with van der Waals surface area (Å²) < 4.78 is 5.60. The molecule has 4 nitrogen and oxygen atoms in total. The number of aryl methyl sites for hydroxylation is 1. The van der Waals surface area contributed by atoms with E-state index in [0.29, 0.717) is 23.9 Å². The highest BCUT2D eigenvalue weighted by atomic mass is 35.5. The largest absolute Gasteiger partial charge is 0.492 e. The van der Waals surface area contributed by atoms with Gasteiger partial charge in [0, 0.05) is 6.54 Å². The highest BCUT2D eigenvalue weighted by Crippen LogP contribution is 2.25. The van der Waals surface area contributed by atoms with Crippen LogP contribution >= 0.6 is 11.6 Å². The maximum absolute atomic E-state index is 11.1. The summed E-state index contributed by atoms with van der Waals surface area (Å²) in [4.78, 5) is 11.1. The summed E-state index contributed by atoms with van der Waals surface area (Å²) in [6, 6.07) is 12.5. The second kappa shape index (κ2) is 6.99. The van der Waals surface area contributed by atoms with Gasteiger partial charge in [-0.15, -0.1) is 0 Å². The van der Waals surface area contributed by atoms with Crippen molar-refractivity contribution in [2.45, 2.75) is 6.92 Å². The second-order valence-corrected chi connectivity index (χ2v) is 4.97. The molecule has 2 N–H and O–H groups in total. The Hall–Kier alpha value is -2.20. The number of aromatic carboxylic acids is 1. The van der Waals surface area contributed by atoms with E-state index in [9.17, 15) is 4.79 Å². The van der Waals surface area contributed by atoms with Crippen LogP contribution in [0.1, 0.15) is 15.9 Å². The zero-order chi connectivity index (χ0) is 15.2. The standard InChI is InChI=1S/C16H16ClNO3/c1-11-4-2-5-12(10-11)21-9-8-18-15-13(16(19)20)6-3-7-14(15)17/h2-7,10,18H,8-9H2,1H3,(H,19,20). The quantitative estimate of drug-likeness (QED) is 0.796. The molecule has 0 aliphatic rings. The molecule has 0 saturated carbocycles. The van der Waals surface area contributed by atoms with Crippen LogP contribution in [0.5, 0.6) is 5.75 Å². The lowest BCUT2D eigenvalue weighted by atomic mass is 10.2. The minimum absolute atomic E-state index is 0.151. The minimum atomic E-state index is -1.01. The van der Waals surface area contributed by atoms with Crippen molar-refractivity contribution in [3.63, 3.8) is 0 Å². The number of carbonyl (C=O) groups is 1. The Kier molecular flexibility index (Phi) is 5.06. The van der Waals surface area contributed by atoms with E-state index in [1.807, 2.05) is 31.2 Å². The molecule has 0 spiro atoms. The van der Waals surface area contributed by atoms with Gasteiger partial charge in [-0.25, -0.2) is 4.79 Å². The zero-order valence-electron chi connectivity index (χ0n) is 11.6. The van der Waals surface area contributed by atoms with Gasteiger partial charge in [-0.1, -0.05) is 29.8 Å². The molecule has 0 atom stereocenters. The fraction of sp³-hybridized carbons (Fsp3) is 0.188. The van der Waals surface area contributed by atoms with Crippen LogP contribution in [0.25, 0.3) is 0 Å². The van der Waals surface area contributed by atoms with E-state index in [1.54, 1.807) is 12.1 Å². The third-order valence-electron chi connectivity index (χ3n) is 2.91. The van der Waals surface area contributed by atoms with Gasteiger partial charge in [0.25, 0.3) is 0 Å². The van der Waals surface area contributed by atoms with Gasteiger partial charge in [0.1, 0.15) is 12.4 Å². The second-order valence-electron chi connectivity index (χ2n) is 4.56. The molecular formula is C16H16ClNO3. The Morgan fingerprint density at radius 1 is 1.29 bits per heavy atom. The topological polar surface area (TPSA) is 58.6 Å². The number of nitrogens with one attached hydrogen (secondary N) is 1. The van der Waals surface area contributed by atoms with Crippen LogP contribution in [0, 0.1) is 6.92 Å². The van der Waals surface area contributed by atoms with Gasteiger partial charge < -0.3 is 15.2 Å². The van der Waals surface area contributed by atoms with Gasteiger partial charge in [0.05, 0.1) is 16.3 Å². The molecule has 0 unspecified atom stereocenters. The van der Waals surface area contributed by atoms with Crippen molar-refractivity contribution < 1.29 is 14.6 Å². The first-order chi connectivity index (χ1) is 10.1. The van der Waals surface area contributed by atoms with Gasteiger partial charge in [-0.3, -0.25) is 0 Å². The predicted molar refractivity (Wildman–Crippen MR) is 83.6 cm³/mol. The van der Waals surface area contributed by atoms with Crippen molar-refractivity contribution in [3.8, 4) is 5.75 Å². The van der Waals surface area contributed by atoms with Gasteiger partial charge in [0.15, 0.2) is 0 Å². The number of para-hydroxylation sites is 1. The molecule has 2 aromatic rings. The van der Waals surface area contributed by atoms with Crippen LogP contribution in [-0.4, -0.2) is 24.2 Å². The van der Waals surface area contributed by atoms with Gasteiger partial charge in [0.2, 0.25) is 0 Å². The number of benzene rings is 2. The molecular weight excluding hydrogens is 290 g/mol. The summed E-state index contributed by atoms with van der Waals surface area (Å²) in [7, 11) is 0. The molecule has 0 radical (unpaired) electrons. The summed E-state index contributed by atoms with van der Waals surface area (Å²) >= 11 is 6.02. The average Bonchev–Trinajstić information content (AvgIpc) is 2.44. The minimum Gasteiger partial charge on any atom is -0.492 e. The predicted octanol–water partition coefficient (Wildman–Crippen LogP) is 3.84. The van der Waals surface area contributed by atoms with Crippen LogP contribution < -0.4 is 10.1 Å². The van der Waals surface area contributed by atoms with Gasteiger partial charge in [-0.2, -0.15) is 0 Å². The number of hydrogen-bond acceptors (Lipinski definition) is 3. The van der Waals surface area contributed by atoms with Gasteiger partial charge >= 0.3 is 5.97 Å². The van der Waals surface area contributed by atoms with E-state index < -0.39 is 5.97 Å². The van der Waals surface area contributed by atoms with Crippen LogP contribution in [0.15, 0.2) is 42.5 Å². The number of anilines is 1. The number of rotatable bonds is 6. The zero-order valence-corrected chi connectivity index (χ0v) is 12.4. The molecule has 0 aliphatic heterocycles. The van der Waals surface area contributed by atoms with E-state index >= 15 is 0 Å². The molecule has 21 heavy (non-hydrogen) atoms. The summed E-state index contributed by atoms with van der Waals surface area (Å²) in [6.07, 6.45) is 0. The van der Waals surface area contributed by atoms with Crippen LogP contribution in [-0.2, 0) is 0 Å². The number of ether oxygens (including phenoxy) is 1. The molecule has 0 bridgehead atoms. The number of carboxylic acids is 1. The monoisotopic (exact) mass is 305 g/mol. The normalized spacial score (nSPS) is 10.2. The van der Waals surface area contributed by atoms with E-state index in [-0.39, 0.29) is 5.56 Å². The summed E-state index contributed by atoms with van der Waals surface area (Å²) in [5.41, 5.74) is 1.69. The smallest absolute Gasteiger partial charge is 0.337 e. The SMILES string of the molecule is Cc1cccc(OCCNc2c(Cl)cccc2C(=O)O)c1. The fourth-order valence-corrected chi connectivity index (χ4v) is 2.17. The van der Waals surface area contributed by atoms with Gasteiger partial charge in [-0.05, 0) is 36.8 Å². The van der Waals surface area contributed by atoms with E-state index in [2.05, 4.69) is 5.32 Å². The van der Waals surface area contributed by atoms with E-state index in [4.69, 9.17) is 21.4 Å². The van der Waals surface area contributed by atoms with Crippen molar-refractivity contribution in [1.82, 2.24) is 0 Å². The molecule has 0 aliphatic carbocycles. The molecule has 0 heterocycles. The van der Waals surface area contributed by atoms with E-state index in [0.717, 1.165) is 11.3 Å². The third kappa shape index (κ3) is 4.13.